The molecule has 0 aromatic carbocycles. The summed E-state index contributed by atoms with van der Waals surface area (Å²) in [5.74, 6) is 0. The first-order chi connectivity index (χ1) is 9.12. The minimum absolute atomic E-state index is 0.755. The van der Waals surface area contributed by atoms with E-state index in [0.717, 1.165) is 17.1 Å². The Balaban J connectivity index is 5.42. The second-order valence-corrected chi connectivity index (χ2v) is 3.73. The van der Waals surface area contributed by atoms with Crippen LogP contribution < -0.4 is 0 Å². The molecule has 1 nitrogen and oxygen atoms in total. The van der Waals surface area contributed by atoms with E-state index in [1.807, 2.05) is 61.3 Å². The molecule has 1 heteroatoms. The highest BCUT2D eigenvalue weighted by Gasteiger charge is 2.09. The van der Waals surface area contributed by atoms with Gasteiger partial charge in [-0.05, 0) is 38.2 Å². The molecule has 0 amide bonds. The molecule has 0 bridgehead atoms. The molecular formula is C18H23N. The van der Waals surface area contributed by atoms with Crippen LogP contribution in [0.25, 0.3) is 0 Å². The molecule has 0 heterocycles. The normalized spacial score (nSPS) is 12.2. The molecule has 0 N–H and O–H groups in total. The molecule has 0 aromatic rings. The van der Waals surface area contributed by atoms with Crippen LogP contribution in [0.2, 0.25) is 0 Å². The summed E-state index contributed by atoms with van der Waals surface area (Å²) >= 11 is 0. The summed E-state index contributed by atoms with van der Waals surface area (Å²) in [4.78, 5) is 1.90. The SMILES string of the molecule is C=CC(=C)N(C(=C)/C=C\C=C/C)/C(C=C)=C/C=C\C. The number of nitrogens with zero attached hydrogens (tertiary/aromatic N) is 1. The first kappa shape index (κ1) is 16.7. The van der Waals surface area contributed by atoms with Crippen LogP contribution in [-0.4, -0.2) is 4.90 Å². The number of hydrogen-bond donors (Lipinski definition) is 0. The third-order valence-electron chi connectivity index (χ3n) is 2.33. The predicted molar refractivity (Wildman–Crippen MR) is 87.4 cm³/mol. The Labute approximate surface area is 117 Å². The zero-order valence-corrected chi connectivity index (χ0v) is 12.0. The number of rotatable bonds is 8. The van der Waals surface area contributed by atoms with Crippen LogP contribution in [-0.2, 0) is 0 Å². The summed E-state index contributed by atoms with van der Waals surface area (Å²) in [6.45, 7) is 19.6. The zero-order chi connectivity index (χ0) is 14.7. The third-order valence-corrected chi connectivity index (χ3v) is 2.33. The van der Waals surface area contributed by atoms with E-state index in [-0.39, 0.29) is 0 Å². The first-order valence-electron chi connectivity index (χ1n) is 6.17. The van der Waals surface area contributed by atoms with Crippen LogP contribution in [0.1, 0.15) is 13.8 Å². The Kier molecular flexibility index (Phi) is 8.55. The van der Waals surface area contributed by atoms with E-state index in [4.69, 9.17) is 0 Å². The predicted octanol–water partition coefficient (Wildman–Crippen LogP) is 5.28. The number of hydrogen-bond acceptors (Lipinski definition) is 1. The van der Waals surface area contributed by atoms with Gasteiger partial charge in [-0.25, -0.2) is 0 Å². The molecule has 0 rings (SSSR count). The van der Waals surface area contributed by atoms with Crippen LogP contribution in [0, 0.1) is 0 Å². The van der Waals surface area contributed by atoms with E-state index in [1.165, 1.54) is 0 Å². The Hall–Kier alpha value is -2.28. The van der Waals surface area contributed by atoms with Crippen molar-refractivity contribution in [2.45, 2.75) is 13.8 Å². The van der Waals surface area contributed by atoms with Crippen molar-refractivity contribution in [3.05, 3.63) is 98.1 Å². The minimum atomic E-state index is 0.755. The monoisotopic (exact) mass is 253 g/mol. The van der Waals surface area contributed by atoms with Crippen molar-refractivity contribution in [1.82, 2.24) is 4.90 Å². The molecule has 0 spiro atoms. The van der Waals surface area contributed by atoms with Crippen molar-refractivity contribution in [3.63, 3.8) is 0 Å². The molecule has 0 radical (unpaired) electrons. The first-order valence-corrected chi connectivity index (χ1v) is 6.17. The number of allylic oxidation sites excluding steroid dienone is 9. The van der Waals surface area contributed by atoms with Gasteiger partial charge in [0.2, 0.25) is 0 Å². The van der Waals surface area contributed by atoms with Gasteiger partial charge < -0.3 is 4.90 Å². The second kappa shape index (κ2) is 9.72. The van der Waals surface area contributed by atoms with E-state index < -0.39 is 0 Å². The maximum absolute atomic E-state index is 4.06. The summed E-state index contributed by atoms with van der Waals surface area (Å²) < 4.78 is 0. The summed E-state index contributed by atoms with van der Waals surface area (Å²) in [6.07, 6.45) is 17.1. The Bertz CT molecular complexity index is 456. The maximum Gasteiger partial charge on any atom is 0.0455 e. The van der Waals surface area contributed by atoms with Gasteiger partial charge in [-0.2, -0.15) is 0 Å². The van der Waals surface area contributed by atoms with Crippen LogP contribution in [0.15, 0.2) is 98.1 Å². The summed E-state index contributed by atoms with van der Waals surface area (Å²) in [7, 11) is 0. The van der Waals surface area contributed by atoms with E-state index in [9.17, 15) is 0 Å². The lowest BCUT2D eigenvalue weighted by Crippen LogP contribution is -2.17. The van der Waals surface area contributed by atoms with Gasteiger partial charge in [-0.1, -0.05) is 56.7 Å². The minimum Gasteiger partial charge on any atom is -0.312 e. The molecule has 19 heavy (non-hydrogen) atoms. The molecule has 0 fully saturated rings. The highest BCUT2D eigenvalue weighted by atomic mass is 15.1. The average molecular weight is 253 g/mol. The topological polar surface area (TPSA) is 3.24 Å². The van der Waals surface area contributed by atoms with E-state index in [0.29, 0.717) is 0 Å². The summed E-state index contributed by atoms with van der Waals surface area (Å²) in [5.41, 5.74) is 2.46. The van der Waals surface area contributed by atoms with Crippen LogP contribution in [0.5, 0.6) is 0 Å². The van der Waals surface area contributed by atoms with Gasteiger partial charge in [0.25, 0.3) is 0 Å². The quantitative estimate of drug-likeness (QED) is 0.532. The van der Waals surface area contributed by atoms with Gasteiger partial charge in [0.1, 0.15) is 0 Å². The third kappa shape index (κ3) is 5.73. The molecule has 0 aromatic heterocycles. The highest BCUT2D eigenvalue weighted by molar-refractivity contribution is 5.36. The van der Waals surface area contributed by atoms with Crippen LogP contribution in [0.4, 0.5) is 0 Å². The van der Waals surface area contributed by atoms with Crippen LogP contribution >= 0.6 is 0 Å². The Morgan fingerprint density at radius 1 is 0.842 bits per heavy atom. The molecule has 0 saturated heterocycles. The smallest absolute Gasteiger partial charge is 0.0455 e. The van der Waals surface area contributed by atoms with Crippen molar-refractivity contribution in [1.29, 1.82) is 0 Å². The van der Waals surface area contributed by atoms with Gasteiger partial charge in [0.15, 0.2) is 0 Å². The molecule has 0 saturated carbocycles. The fourth-order valence-corrected chi connectivity index (χ4v) is 1.39. The molecule has 0 aliphatic rings. The van der Waals surface area contributed by atoms with E-state index in [2.05, 4.69) is 26.3 Å². The van der Waals surface area contributed by atoms with Crippen LogP contribution in [0.3, 0.4) is 0 Å². The summed E-state index contributed by atoms with van der Waals surface area (Å²) in [6, 6.07) is 0. The van der Waals surface area contributed by atoms with Crippen molar-refractivity contribution < 1.29 is 0 Å². The lowest BCUT2D eigenvalue weighted by Gasteiger charge is -2.26. The Morgan fingerprint density at radius 3 is 1.95 bits per heavy atom. The lowest BCUT2D eigenvalue weighted by atomic mass is 10.2. The van der Waals surface area contributed by atoms with Gasteiger partial charge in [0.05, 0.1) is 0 Å². The lowest BCUT2D eigenvalue weighted by molar-refractivity contribution is 0.584. The average Bonchev–Trinajstić information content (AvgIpc) is 2.42. The van der Waals surface area contributed by atoms with Gasteiger partial charge in [-0.3, -0.25) is 0 Å². The molecule has 0 aliphatic heterocycles. The van der Waals surface area contributed by atoms with Gasteiger partial charge >= 0.3 is 0 Å². The van der Waals surface area contributed by atoms with Gasteiger partial charge in [0, 0.05) is 17.1 Å². The molecular weight excluding hydrogens is 230 g/mol. The van der Waals surface area contributed by atoms with E-state index >= 15 is 0 Å². The van der Waals surface area contributed by atoms with E-state index in [1.54, 1.807) is 12.2 Å². The van der Waals surface area contributed by atoms with Crippen molar-refractivity contribution in [3.8, 4) is 0 Å². The highest BCUT2D eigenvalue weighted by Crippen LogP contribution is 2.20. The largest absolute Gasteiger partial charge is 0.312 e. The van der Waals surface area contributed by atoms with Gasteiger partial charge in [-0.15, -0.1) is 0 Å². The van der Waals surface area contributed by atoms with Crippen molar-refractivity contribution >= 4 is 0 Å². The zero-order valence-electron chi connectivity index (χ0n) is 12.0. The van der Waals surface area contributed by atoms with Crippen molar-refractivity contribution in [2.75, 3.05) is 0 Å². The molecule has 100 valence electrons. The fraction of sp³-hybridized carbons (Fsp3) is 0.111. The Morgan fingerprint density at radius 2 is 1.47 bits per heavy atom. The molecule has 0 aliphatic carbocycles. The summed E-state index contributed by atoms with van der Waals surface area (Å²) in [5, 5.41) is 0. The molecule has 0 atom stereocenters. The second-order valence-electron chi connectivity index (χ2n) is 3.73. The fourth-order valence-electron chi connectivity index (χ4n) is 1.39. The van der Waals surface area contributed by atoms with Crippen molar-refractivity contribution in [2.24, 2.45) is 0 Å². The standard InChI is InChI=1S/C18H23N/c1-7-11-13-14-17(6)19(16(5)9-3)18(10-4)15-12-8-2/h7-15H,3-6H2,1-2H3/b11-7-,12-8-,14-13-,18-15+. The maximum atomic E-state index is 4.06. The molecule has 0 unspecified atom stereocenters.